The van der Waals surface area contributed by atoms with Crippen LogP contribution in [0.4, 0.5) is 0 Å². The molecule has 5 aromatic rings. The first-order valence-electron chi connectivity index (χ1n) is 25.7. The van der Waals surface area contributed by atoms with Crippen LogP contribution in [0.2, 0.25) is 0 Å². The summed E-state index contributed by atoms with van der Waals surface area (Å²) in [6, 6.07) is 21.2. The fourth-order valence-electron chi connectivity index (χ4n) is 14.4. The normalized spacial score (nSPS) is 29.2. The molecule has 5 heterocycles. The fourth-order valence-corrected chi connectivity index (χ4v) is 14.4. The maximum atomic E-state index is 11.1. The maximum absolute atomic E-state index is 11.1. The molecule has 0 spiro atoms. The average molecular weight is 960 g/mol. The van der Waals surface area contributed by atoms with E-state index in [9.17, 15) is 5.11 Å². The number of aromatic nitrogens is 1. The summed E-state index contributed by atoms with van der Waals surface area (Å²) in [7, 11) is 11.1. The first kappa shape index (κ1) is 47.4. The molecule has 372 valence electrons. The summed E-state index contributed by atoms with van der Waals surface area (Å²) in [5, 5.41) is 15.1. The third-order valence-corrected chi connectivity index (χ3v) is 18.5. The summed E-state index contributed by atoms with van der Waals surface area (Å²) in [4.78, 5) is 4.81. The van der Waals surface area contributed by atoms with Gasteiger partial charge in [-0.15, -0.1) is 6.42 Å². The lowest BCUT2D eigenvalue weighted by Gasteiger charge is -2.58. The van der Waals surface area contributed by atoms with Crippen LogP contribution in [-0.4, -0.2) is 81.3 Å². The van der Waals surface area contributed by atoms with Crippen molar-refractivity contribution >= 4 is 6.08 Å². The number of benzene rings is 4. The van der Waals surface area contributed by atoms with Crippen molar-refractivity contribution in [2.75, 3.05) is 55.6 Å². The lowest BCUT2D eigenvalue weighted by atomic mass is 9.46. The lowest BCUT2D eigenvalue weighted by molar-refractivity contribution is -0.0975. The Hall–Kier alpha value is -5.93. The molecule has 13 rings (SSSR count). The highest BCUT2D eigenvalue weighted by Crippen LogP contribution is 2.67. The van der Waals surface area contributed by atoms with Crippen molar-refractivity contribution in [2.45, 2.75) is 102 Å². The van der Waals surface area contributed by atoms with Crippen molar-refractivity contribution in [2.24, 2.45) is 28.6 Å². The molecule has 4 aliphatic heterocycles. The van der Waals surface area contributed by atoms with E-state index in [1.165, 1.54) is 34.2 Å². The third-order valence-electron chi connectivity index (χ3n) is 18.5. The van der Waals surface area contributed by atoms with Gasteiger partial charge in [0.05, 0.1) is 34.6 Å². The van der Waals surface area contributed by atoms with E-state index >= 15 is 0 Å². The molecule has 6 bridgehead atoms. The van der Waals surface area contributed by atoms with Gasteiger partial charge < -0.3 is 38.1 Å². The number of hydrogen-bond acceptors (Lipinski definition) is 11. The average Bonchev–Trinajstić information content (AvgIpc) is 3.95. The van der Waals surface area contributed by atoms with Gasteiger partial charge in [-0.1, -0.05) is 48.7 Å². The zero-order valence-electron chi connectivity index (χ0n) is 42.7. The summed E-state index contributed by atoms with van der Waals surface area (Å²) in [6.45, 7) is 6.57. The van der Waals surface area contributed by atoms with E-state index in [1.54, 1.807) is 34.0 Å². The van der Waals surface area contributed by atoms with Crippen LogP contribution in [0, 0.1) is 40.9 Å². The molecule has 8 aliphatic rings. The van der Waals surface area contributed by atoms with Gasteiger partial charge in [0.15, 0.2) is 40.3 Å². The summed E-state index contributed by atoms with van der Waals surface area (Å²) < 4.78 is 42.5. The number of ether oxygens (including phenoxy) is 6. The Morgan fingerprint density at radius 3 is 2.15 bits per heavy atom. The monoisotopic (exact) mass is 960 g/mol. The van der Waals surface area contributed by atoms with Crippen LogP contribution < -0.4 is 28.4 Å². The highest BCUT2D eigenvalue weighted by atomic mass is 16.5. The molecular weight excluding hydrogens is 891 g/mol. The molecule has 11 nitrogen and oxygen atoms in total. The molecule has 71 heavy (non-hydrogen) atoms. The maximum Gasteiger partial charge on any atom is 0.204 e. The van der Waals surface area contributed by atoms with E-state index in [2.05, 4.69) is 97.4 Å². The number of rotatable bonds is 4. The second-order valence-electron chi connectivity index (χ2n) is 21.8. The highest BCUT2D eigenvalue weighted by molar-refractivity contribution is 5.64. The number of methoxy groups -OCH3 is 4. The van der Waals surface area contributed by atoms with Gasteiger partial charge in [0.25, 0.3) is 0 Å². The SMILES string of the molecule is C#CC1(O)CCC2C3CCC4=Cc5oncc5CC4(C)C3CCC21C.COc1ccc2cc1Oc1ccc(cc1)CC1c3cc(c(OC)cc3CCN1C)Oc1c(OC)c(OC)cc3c1C(C2)N(C)CC3. The highest BCUT2D eigenvalue weighted by Gasteiger charge is 2.63. The van der Waals surface area contributed by atoms with Crippen LogP contribution in [0.1, 0.15) is 109 Å². The number of terminal acetylenes is 1. The molecule has 8 unspecified atom stereocenters. The van der Waals surface area contributed by atoms with Crippen molar-refractivity contribution in [3.8, 4) is 58.3 Å². The molecule has 4 aromatic carbocycles. The minimum absolute atomic E-state index is 0.000437. The van der Waals surface area contributed by atoms with Crippen LogP contribution in [-0.2, 0) is 32.1 Å². The number of allylic oxidation sites excluding steroid dienone is 1. The van der Waals surface area contributed by atoms with Crippen molar-refractivity contribution in [3.63, 3.8) is 0 Å². The molecule has 1 aromatic heterocycles. The molecular formula is C60H69N3O8. The van der Waals surface area contributed by atoms with Gasteiger partial charge in [0, 0.05) is 41.7 Å². The van der Waals surface area contributed by atoms with Crippen molar-refractivity contribution in [1.29, 1.82) is 0 Å². The lowest BCUT2D eigenvalue weighted by Crippen LogP contribution is -2.54. The van der Waals surface area contributed by atoms with E-state index in [0.29, 0.717) is 58.0 Å². The van der Waals surface area contributed by atoms with E-state index in [0.717, 1.165) is 99.9 Å². The van der Waals surface area contributed by atoms with Crippen LogP contribution in [0.3, 0.4) is 0 Å². The molecule has 1 N–H and O–H groups in total. The van der Waals surface area contributed by atoms with Crippen LogP contribution in [0.15, 0.2) is 77.0 Å². The second-order valence-corrected chi connectivity index (χ2v) is 21.8. The Balaban J connectivity index is 0.000000183. The predicted molar refractivity (Wildman–Crippen MR) is 274 cm³/mol. The Bertz CT molecular complexity index is 2920. The van der Waals surface area contributed by atoms with Gasteiger partial charge >= 0.3 is 0 Å². The topological polar surface area (TPSA) is 108 Å². The number of hydrogen-bond donors (Lipinski definition) is 1. The third kappa shape index (κ3) is 7.87. The molecule has 3 saturated carbocycles. The van der Waals surface area contributed by atoms with Gasteiger partial charge in [-0.05, 0) is 184 Å². The predicted octanol–water partition coefficient (Wildman–Crippen LogP) is 11.4. The quantitative estimate of drug-likeness (QED) is 0.174. The van der Waals surface area contributed by atoms with Gasteiger partial charge in [-0.2, -0.15) is 0 Å². The smallest absolute Gasteiger partial charge is 0.204 e. The Morgan fingerprint density at radius 2 is 1.41 bits per heavy atom. The molecule has 11 heteroatoms. The van der Waals surface area contributed by atoms with Crippen molar-refractivity contribution in [3.05, 3.63) is 117 Å². The van der Waals surface area contributed by atoms with Crippen molar-refractivity contribution < 1.29 is 38.1 Å². The Kier molecular flexibility index (Phi) is 12.2. The van der Waals surface area contributed by atoms with Crippen LogP contribution in [0.5, 0.6) is 46.0 Å². The zero-order valence-corrected chi connectivity index (χ0v) is 42.7. The van der Waals surface area contributed by atoms with E-state index in [1.807, 2.05) is 24.4 Å². The fraction of sp³-hybridized carbons (Fsp3) is 0.483. The van der Waals surface area contributed by atoms with Gasteiger partial charge in [0.1, 0.15) is 11.4 Å². The number of likely N-dealkylation sites (N-methyl/N-ethyl adjacent to an activating group) is 2. The van der Waals surface area contributed by atoms with Crippen LogP contribution >= 0.6 is 0 Å². The zero-order chi connectivity index (χ0) is 49.4. The molecule has 8 atom stereocenters. The second kappa shape index (κ2) is 18.3. The first-order valence-corrected chi connectivity index (χ1v) is 25.7. The Labute approximate surface area is 419 Å². The molecule has 0 saturated heterocycles. The minimum atomic E-state index is -0.909. The summed E-state index contributed by atoms with van der Waals surface area (Å²) in [5.41, 5.74) is 9.14. The summed E-state index contributed by atoms with van der Waals surface area (Å²) in [5.74, 6) is 11.0. The van der Waals surface area contributed by atoms with Gasteiger partial charge in [-0.25, -0.2) is 0 Å². The summed E-state index contributed by atoms with van der Waals surface area (Å²) in [6.07, 6.45) is 20.8. The van der Waals surface area contributed by atoms with Gasteiger partial charge in [0.2, 0.25) is 5.75 Å². The Morgan fingerprint density at radius 1 is 0.718 bits per heavy atom. The number of fused-ring (bicyclic) bond motifs is 8. The molecule has 0 amide bonds. The molecule has 0 radical (unpaired) electrons. The van der Waals surface area contributed by atoms with Crippen LogP contribution in [0.25, 0.3) is 6.08 Å². The number of aliphatic hydroxyl groups is 1. The summed E-state index contributed by atoms with van der Waals surface area (Å²) >= 11 is 0. The van der Waals surface area contributed by atoms with E-state index in [-0.39, 0.29) is 22.9 Å². The molecule has 3 fully saturated rings. The minimum Gasteiger partial charge on any atom is -0.493 e. The largest absolute Gasteiger partial charge is 0.493 e. The number of nitrogens with zero attached hydrogens (tertiary/aromatic N) is 3. The van der Waals surface area contributed by atoms with Gasteiger partial charge in [-0.3, -0.25) is 9.80 Å². The van der Waals surface area contributed by atoms with Crippen molar-refractivity contribution in [1.82, 2.24) is 15.0 Å². The van der Waals surface area contributed by atoms with E-state index in [4.69, 9.17) is 39.4 Å². The standard InChI is InChI=1S/C38H42N2O6.C22H27NO2/c1-39-15-13-25-20-32(42-4)34-22-28(25)29(39)17-23-7-10-27(11-8-23)45-33-19-24(9-12-31(33)41-3)18-30-36-26(14-16-40(30)2)21-35(43-5)37(44-6)38(36)46-34;1-4-22(24)10-8-18-16-6-5-15-11-19-14(13-23-25-19)12-20(15,2)17(16)7-9-21(18,22)3/h7-12,19-22,29-30H,13-18H2,1-6H3;1,11,13,16-18,24H,5-10,12H2,2-3H3. The van der Waals surface area contributed by atoms with E-state index < -0.39 is 5.60 Å². The molecule has 4 aliphatic carbocycles. The first-order chi connectivity index (χ1) is 34.3.